The highest BCUT2D eigenvalue weighted by atomic mass is 16.3. The molecule has 16 heavy (non-hydrogen) atoms. The van der Waals surface area contributed by atoms with Crippen molar-refractivity contribution in [2.75, 3.05) is 18.1 Å². The number of aliphatic hydroxyl groups is 1. The Kier molecular flexibility index (Phi) is 3.36. The van der Waals surface area contributed by atoms with E-state index in [1.807, 2.05) is 6.07 Å². The fraction of sp³-hybridized carbons (Fsp3) is 0.636. The summed E-state index contributed by atoms with van der Waals surface area (Å²) in [4.78, 5) is 10.7. The quantitative estimate of drug-likeness (QED) is 0.761. The maximum Gasteiger partial charge on any atom is 0.225 e. The molecule has 0 saturated carbocycles. The smallest absolute Gasteiger partial charge is 0.225 e. The molecule has 1 aliphatic heterocycles. The van der Waals surface area contributed by atoms with Gasteiger partial charge in [-0.2, -0.15) is 0 Å². The third kappa shape index (κ3) is 2.01. The first kappa shape index (κ1) is 11.3. The highest BCUT2D eigenvalue weighted by molar-refractivity contribution is 5.34. The molecule has 0 radical (unpaired) electrons. The van der Waals surface area contributed by atoms with Gasteiger partial charge in [0.15, 0.2) is 0 Å². The van der Waals surface area contributed by atoms with Crippen LogP contribution in [0.3, 0.4) is 0 Å². The molecule has 1 saturated heterocycles. The standard InChI is InChI=1S/C11H18N4O/c1-8-3-5-15(10(8)7-16)11-13-4-2-9(6-12)14-11/h2,4,8,10,16H,3,5-7,12H2,1H3. The summed E-state index contributed by atoms with van der Waals surface area (Å²) in [6.45, 7) is 3.62. The van der Waals surface area contributed by atoms with Crippen LogP contribution >= 0.6 is 0 Å². The van der Waals surface area contributed by atoms with Gasteiger partial charge in [0.2, 0.25) is 5.95 Å². The Morgan fingerprint density at radius 3 is 3.12 bits per heavy atom. The maximum atomic E-state index is 9.37. The summed E-state index contributed by atoms with van der Waals surface area (Å²) in [6, 6.07) is 1.95. The van der Waals surface area contributed by atoms with Crippen LogP contribution in [0.5, 0.6) is 0 Å². The minimum absolute atomic E-state index is 0.132. The van der Waals surface area contributed by atoms with Gasteiger partial charge < -0.3 is 15.7 Å². The third-order valence-corrected chi connectivity index (χ3v) is 3.24. The van der Waals surface area contributed by atoms with Crippen molar-refractivity contribution in [3.05, 3.63) is 18.0 Å². The summed E-state index contributed by atoms with van der Waals surface area (Å²) in [5, 5.41) is 9.37. The molecule has 2 atom stereocenters. The largest absolute Gasteiger partial charge is 0.394 e. The van der Waals surface area contributed by atoms with Crippen molar-refractivity contribution in [3.63, 3.8) is 0 Å². The van der Waals surface area contributed by atoms with Crippen molar-refractivity contribution in [2.45, 2.75) is 25.9 Å². The maximum absolute atomic E-state index is 9.37. The fourth-order valence-electron chi connectivity index (χ4n) is 2.17. The zero-order chi connectivity index (χ0) is 11.5. The molecule has 1 aromatic heterocycles. The van der Waals surface area contributed by atoms with Crippen LogP contribution in [0.1, 0.15) is 19.0 Å². The molecular formula is C11H18N4O. The Labute approximate surface area is 95.3 Å². The molecule has 0 aromatic carbocycles. The molecular weight excluding hydrogens is 204 g/mol. The van der Waals surface area contributed by atoms with Crippen LogP contribution in [0.15, 0.2) is 12.3 Å². The molecule has 0 aliphatic carbocycles. The highest BCUT2D eigenvalue weighted by Crippen LogP contribution is 2.26. The number of aliphatic hydroxyl groups excluding tert-OH is 1. The fourth-order valence-corrected chi connectivity index (χ4v) is 2.17. The minimum Gasteiger partial charge on any atom is -0.394 e. The average Bonchev–Trinajstić information content (AvgIpc) is 2.70. The lowest BCUT2D eigenvalue weighted by atomic mass is 10.0. The second-order valence-electron chi connectivity index (χ2n) is 4.26. The second-order valence-corrected chi connectivity index (χ2v) is 4.26. The molecule has 0 spiro atoms. The normalized spacial score (nSPS) is 25.1. The third-order valence-electron chi connectivity index (χ3n) is 3.24. The van der Waals surface area contributed by atoms with E-state index in [4.69, 9.17) is 5.73 Å². The Morgan fingerprint density at radius 2 is 2.44 bits per heavy atom. The lowest BCUT2D eigenvalue weighted by molar-refractivity contribution is 0.244. The Bertz CT molecular complexity index is 358. The first-order valence-corrected chi connectivity index (χ1v) is 5.65. The topological polar surface area (TPSA) is 75.3 Å². The second kappa shape index (κ2) is 4.76. The molecule has 88 valence electrons. The van der Waals surface area contributed by atoms with Crippen molar-refractivity contribution < 1.29 is 5.11 Å². The number of nitrogens with zero attached hydrogens (tertiary/aromatic N) is 3. The lowest BCUT2D eigenvalue weighted by Crippen LogP contribution is -2.36. The Balaban J connectivity index is 2.22. The predicted octanol–water partition coefficient (Wildman–Crippen LogP) is 0.142. The number of anilines is 1. The molecule has 5 nitrogen and oxygen atoms in total. The van der Waals surface area contributed by atoms with E-state index in [0.29, 0.717) is 18.4 Å². The first-order valence-electron chi connectivity index (χ1n) is 5.65. The monoisotopic (exact) mass is 222 g/mol. The molecule has 2 heterocycles. The SMILES string of the molecule is CC1CCN(c2nccc(CN)n2)C1CO. The molecule has 3 N–H and O–H groups in total. The molecule has 2 unspecified atom stereocenters. The molecule has 2 rings (SSSR count). The zero-order valence-electron chi connectivity index (χ0n) is 9.50. The van der Waals surface area contributed by atoms with E-state index in [1.165, 1.54) is 0 Å². The summed E-state index contributed by atoms with van der Waals surface area (Å²) >= 11 is 0. The number of rotatable bonds is 3. The highest BCUT2D eigenvalue weighted by Gasteiger charge is 2.32. The van der Waals surface area contributed by atoms with Crippen LogP contribution in [-0.4, -0.2) is 34.3 Å². The molecule has 1 aliphatic rings. The molecule has 5 heteroatoms. The summed E-state index contributed by atoms with van der Waals surface area (Å²) < 4.78 is 0. The van der Waals surface area contributed by atoms with Crippen LogP contribution in [0, 0.1) is 5.92 Å². The van der Waals surface area contributed by atoms with Gasteiger partial charge in [-0.15, -0.1) is 0 Å². The van der Waals surface area contributed by atoms with E-state index in [9.17, 15) is 5.11 Å². The van der Waals surface area contributed by atoms with Gasteiger partial charge in [0.1, 0.15) is 0 Å². The summed E-state index contributed by atoms with van der Waals surface area (Å²) in [7, 11) is 0. The number of nitrogens with two attached hydrogens (primary N) is 1. The van der Waals surface area contributed by atoms with Gasteiger partial charge in [0.05, 0.1) is 18.3 Å². The first-order chi connectivity index (χ1) is 7.76. The van der Waals surface area contributed by atoms with E-state index in [2.05, 4.69) is 21.8 Å². The number of hydrogen-bond acceptors (Lipinski definition) is 5. The van der Waals surface area contributed by atoms with Crippen LogP contribution < -0.4 is 10.6 Å². The minimum atomic E-state index is 0.132. The average molecular weight is 222 g/mol. The van der Waals surface area contributed by atoms with Crippen molar-refractivity contribution in [1.82, 2.24) is 9.97 Å². The van der Waals surface area contributed by atoms with Crippen LogP contribution in [0.25, 0.3) is 0 Å². The summed E-state index contributed by atoms with van der Waals surface area (Å²) in [5.41, 5.74) is 6.39. The van der Waals surface area contributed by atoms with Gasteiger partial charge in [-0.3, -0.25) is 0 Å². The molecule has 1 aromatic rings. The Hall–Kier alpha value is -1.20. The van der Waals surface area contributed by atoms with E-state index in [-0.39, 0.29) is 12.6 Å². The summed E-state index contributed by atoms with van der Waals surface area (Å²) in [6.07, 6.45) is 2.80. The van der Waals surface area contributed by atoms with Gasteiger partial charge >= 0.3 is 0 Å². The molecule has 0 amide bonds. The van der Waals surface area contributed by atoms with E-state index >= 15 is 0 Å². The van der Waals surface area contributed by atoms with Gasteiger partial charge in [0, 0.05) is 19.3 Å². The van der Waals surface area contributed by atoms with Crippen molar-refractivity contribution in [3.8, 4) is 0 Å². The van der Waals surface area contributed by atoms with Crippen LogP contribution in [0.4, 0.5) is 5.95 Å². The van der Waals surface area contributed by atoms with Gasteiger partial charge in [0.25, 0.3) is 0 Å². The molecule has 0 bridgehead atoms. The van der Waals surface area contributed by atoms with Crippen LogP contribution in [-0.2, 0) is 6.54 Å². The van der Waals surface area contributed by atoms with Gasteiger partial charge in [-0.05, 0) is 18.4 Å². The van der Waals surface area contributed by atoms with Crippen LogP contribution in [0.2, 0.25) is 0 Å². The van der Waals surface area contributed by atoms with Gasteiger partial charge in [-0.25, -0.2) is 9.97 Å². The van der Waals surface area contributed by atoms with Gasteiger partial charge in [-0.1, -0.05) is 6.92 Å². The predicted molar refractivity (Wildman–Crippen MR) is 61.9 cm³/mol. The summed E-state index contributed by atoms with van der Waals surface area (Å²) in [5.74, 6) is 1.17. The van der Waals surface area contributed by atoms with E-state index in [0.717, 1.165) is 18.7 Å². The number of aromatic nitrogens is 2. The van der Waals surface area contributed by atoms with Crippen molar-refractivity contribution >= 4 is 5.95 Å². The number of hydrogen-bond donors (Lipinski definition) is 2. The lowest BCUT2D eigenvalue weighted by Gasteiger charge is -2.25. The van der Waals surface area contributed by atoms with E-state index < -0.39 is 0 Å². The zero-order valence-corrected chi connectivity index (χ0v) is 9.50. The Morgan fingerprint density at radius 1 is 1.62 bits per heavy atom. The van der Waals surface area contributed by atoms with Crippen molar-refractivity contribution in [2.24, 2.45) is 11.7 Å². The van der Waals surface area contributed by atoms with E-state index in [1.54, 1.807) is 6.20 Å². The van der Waals surface area contributed by atoms with Crippen molar-refractivity contribution in [1.29, 1.82) is 0 Å². The molecule has 1 fully saturated rings.